The maximum Gasteiger partial charge on any atom is 0.0948 e. The SMILES string of the molecule is C=C(Cn1ccnc1)[C@H]1CC[C@H]2[C@@H]3CC=C4C[C@@](C)(O)CC[C@@H]4[C@H]3CC[C@]12C. The van der Waals surface area contributed by atoms with Crippen molar-refractivity contribution in [1.82, 2.24) is 9.55 Å². The Balaban J connectivity index is 1.35. The lowest BCUT2D eigenvalue weighted by Crippen LogP contribution is -2.47. The predicted molar refractivity (Wildman–Crippen MR) is 113 cm³/mol. The maximum atomic E-state index is 10.5. The van der Waals surface area contributed by atoms with E-state index in [0.717, 1.165) is 43.1 Å². The fourth-order valence-electron chi connectivity index (χ4n) is 7.86. The highest BCUT2D eigenvalue weighted by atomic mass is 16.3. The molecule has 0 spiro atoms. The third-order valence-corrected chi connectivity index (χ3v) is 9.15. The van der Waals surface area contributed by atoms with Crippen LogP contribution in [0.3, 0.4) is 0 Å². The minimum absolute atomic E-state index is 0.421. The van der Waals surface area contributed by atoms with Gasteiger partial charge in [-0.3, -0.25) is 0 Å². The van der Waals surface area contributed by atoms with E-state index >= 15 is 0 Å². The molecule has 0 unspecified atom stereocenters. The molecule has 0 bridgehead atoms. The summed E-state index contributed by atoms with van der Waals surface area (Å²) in [5.41, 5.74) is 2.94. The second kappa shape index (κ2) is 6.58. The van der Waals surface area contributed by atoms with Gasteiger partial charge in [-0.2, -0.15) is 0 Å². The highest BCUT2D eigenvalue weighted by Crippen LogP contribution is 2.64. The molecule has 1 aromatic rings. The van der Waals surface area contributed by atoms with Gasteiger partial charge in [0.15, 0.2) is 0 Å². The fraction of sp³-hybridized carbons (Fsp3) is 0.720. The Morgan fingerprint density at radius 2 is 2.07 bits per heavy atom. The van der Waals surface area contributed by atoms with Crippen molar-refractivity contribution in [2.45, 2.75) is 77.4 Å². The van der Waals surface area contributed by atoms with Crippen molar-refractivity contribution in [3.8, 4) is 0 Å². The summed E-state index contributed by atoms with van der Waals surface area (Å²) in [6.45, 7) is 10.1. The molecule has 0 amide bonds. The lowest BCUT2D eigenvalue weighted by molar-refractivity contribution is -0.0292. The highest BCUT2D eigenvalue weighted by Gasteiger charge is 2.56. The van der Waals surface area contributed by atoms with Gasteiger partial charge < -0.3 is 9.67 Å². The predicted octanol–water partition coefficient (Wildman–Crippen LogP) is 5.38. The quantitative estimate of drug-likeness (QED) is 0.715. The number of aliphatic hydroxyl groups is 1. The summed E-state index contributed by atoms with van der Waals surface area (Å²) < 4.78 is 2.17. The zero-order valence-corrected chi connectivity index (χ0v) is 17.6. The molecule has 1 N–H and O–H groups in total. The van der Waals surface area contributed by atoms with Gasteiger partial charge in [-0.05, 0) is 93.3 Å². The Morgan fingerprint density at radius 3 is 2.86 bits per heavy atom. The van der Waals surface area contributed by atoms with Gasteiger partial charge in [0.1, 0.15) is 0 Å². The maximum absolute atomic E-state index is 10.5. The molecule has 3 nitrogen and oxygen atoms in total. The normalized spacial score (nSPS) is 45.0. The average molecular weight is 381 g/mol. The van der Waals surface area contributed by atoms with Crippen molar-refractivity contribution in [1.29, 1.82) is 0 Å². The van der Waals surface area contributed by atoms with Crippen molar-refractivity contribution in [3.63, 3.8) is 0 Å². The van der Waals surface area contributed by atoms with Crippen molar-refractivity contribution in [2.24, 2.45) is 35.0 Å². The van der Waals surface area contributed by atoms with Gasteiger partial charge >= 0.3 is 0 Å². The standard InChI is InChI=1S/C25H36N2O/c1-17(15-27-13-12-26-16-27)22-6-7-23-21-5-4-18-14-24(2,28)10-8-19(18)20(21)9-11-25(22,23)3/h4,12-13,16,19-23,28H,1,5-11,14-15H2,2-3H3/t19-,20+,21+,22+,23-,24-,25+/m0/s1. The van der Waals surface area contributed by atoms with Gasteiger partial charge in [0, 0.05) is 18.9 Å². The number of nitrogens with zero attached hydrogens (tertiary/aromatic N) is 2. The van der Waals surface area contributed by atoms with Gasteiger partial charge in [-0.25, -0.2) is 4.98 Å². The molecular weight excluding hydrogens is 344 g/mol. The Labute approximate surface area is 169 Å². The highest BCUT2D eigenvalue weighted by molar-refractivity contribution is 5.23. The fourth-order valence-corrected chi connectivity index (χ4v) is 7.86. The van der Waals surface area contributed by atoms with Gasteiger partial charge in [0.25, 0.3) is 0 Å². The van der Waals surface area contributed by atoms with Crippen LogP contribution in [-0.4, -0.2) is 20.3 Å². The van der Waals surface area contributed by atoms with E-state index in [9.17, 15) is 5.11 Å². The number of hydrogen-bond acceptors (Lipinski definition) is 2. The number of imidazole rings is 1. The van der Waals surface area contributed by atoms with Crippen LogP contribution in [0.5, 0.6) is 0 Å². The van der Waals surface area contributed by atoms with E-state index in [0.29, 0.717) is 11.3 Å². The topological polar surface area (TPSA) is 38.0 Å². The number of hydrogen-bond donors (Lipinski definition) is 1. The molecule has 4 aliphatic rings. The Bertz CT molecular complexity index is 776. The van der Waals surface area contributed by atoms with Gasteiger partial charge in [-0.1, -0.05) is 30.7 Å². The zero-order chi connectivity index (χ0) is 19.5. The van der Waals surface area contributed by atoms with Gasteiger partial charge in [0.05, 0.1) is 11.9 Å². The summed E-state index contributed by atoms with van der Waals surface area (Å²) in [7, 11) is 0. The zero-order valence-electron chi connectivity index (χ0n) is 17.6. The summed E-state index contributed by atoms with van der Waals surface area (Å²) in [6, 6.07) is 0. The second-order valence-electron chi connectivity index (χ2n) is 10.8. The lowest BCUT2D eigenvalue weighted by atomic mass is 9.51. The first-order valence-corrected chi connectivity index (χ1v) is 11.4. The molecule has 4 aliphatic carbocycles. The van der Waals surface area contributed by atoms with Crippen LogP contribution >= 0.6 is 0 Å². The molecule has 3 heteroatoms. The van der Waals surface area contributed by atoms with E-state index in [4.69, 9.17) is 0 Å². The lowest BCUT2D eigenvalue weighted by Gasteiger charge is -2.54. The number of allylic oxidation sites excluding steroid dienone is 2. The molecule has 0 radical (unpaired) electrons. The summed E-state index contributed by atoms with van der Waals surface area (Å²) in [5.74, 6) is 3.95. The molecule has 3 fully saturated rings. The Kier molecular flexibility index (Phi) is 4.39. The molecule has 152 valence electrons. The van der Waals surface area contributed by atoms with Crippen LogP contribution in [0.25, 0.3) is 0 Å². The summed E-state index contributed by atoms with van der Waals surface area (Å²) in [6.07, 6.45) is 18.1. The molecule has 28 heavy (non-hydrogen) atoms. The van der Waals surface area contributed by atoms with Crippen LogP contribution in [-0.2, 0) is 6.54 Å². The van der Waals surface area contributed by atoms with Gasteiger partial charge in [-0.15, -0.1) is 0 Å². The van der Waals surface area contributed by atoms with Crippen molar-refractivity contribution < 1.29 is 5.11 Å². The van der Waals surface area contributed by atoms with Crippen molar-refractivity contribution in [3.05, 3.63) is 42.5 Å². The first kappa shape index (κ1) is 18.7. The second-order valence-corrected chi connectivity index (χ2v) is 10.8. The van der Waals surface area contributed by atoms with Gasteiger partial charge in [0.2, 0.25) is 0 Å². The third kappa shape index (κ3) is 2.93. The number of aromatic nitrogens is 2. The van der Waals surface area contributed by atoms with E-state index in [1.165, 1.54) is 44.1 Å². The summed E-state index contributed by atoms with van der Waals surface area (Å²) in [4.78, 5) is 4.20. The van der Waals surface area contributed by atoms with E-state index in [1.54, 1.807) is 5.57 Å². The molecule has 0 aromatic carbocycles. The van der Waals surface area contributed by atoms with Crippen molar-refractivity contribution in [2.75, 3.05) is 0 Å². The average Bonchev–Trinajstić information content (AvgIpc) is 3.27. The summed E-state index contributed by atoms with van der Waals surface area (Å²) in [5, 5.41) is 10.5. The molecule has 5 rings (SSSR count). The molecular formula is C25H36N2O. The van der Waals surface area contributed by atoms with E-state index in [1.807, 2.05) is 19.4 Å². The first-order valence-electron chi connectivity index (χ1n) is 11.4. The van der Waals surface area contributed by atoms with Crippen LogP contribution in [0.4, 0.5) is 0 Å². The van der Waals surface area contributed by atoms with Crippen LogP contribution in [0.1, 0.15) is 65.2 Å². The third-order valence-electron chi connectivity index (χ3n) is 9.15. The smallest absolute Gasteiger partial charge is 0.0948 e. The van der Waals surface area contributed by atoms with Crippen molar-refractivity contribution >= 4 is 0 Å². The van der Waals surface area contributed by atoms with Crippen LogP contribution in [0.2, 0.25) is 0 Å². The molecule has 7 atom stereocenters. The first-order chi connectivity index (χ1) is 13.4. The Morgan fingerprint density at radius 1 is 1.21 bits per heavy atom. The molecule has 3 saturated carbocycles. The number of fused-ring (bicyclic) bond motifs is 5. The minimum atomic E-state index is -0.470. The molecule has 0 aliphatic heterocycles. The van der Waals surface area contributed by atoms with Crippen LogP contribution in [0.15, 0.2) is 42.5 Å². The molecule has 0 saturated heterocycles. The van der Waals surface area contributed by atoms with E-state index in [2.05, 4.69) is 35.3 Å². The minimum Gasteiger partial charge on any atom is -0.390 e. The Hall–Kier alpha value is -1.35. The van der Waals surface area contributed by atoms with Crippen LogP contribution in [0, 0.1) is 35.0 Å². The monoisotopic (exact) mass is 380 g/mol. The van der Waals surface area contributed by atoms with Crippen LogP contribution < -0.4 is 0 Å². The summed E-state index contributed by atoms with van der Waals surface area (Å²) >= 11 is 0. The molecule has 1 aromatic heterocycles. The molecule has 1 heterocycles. The van der Waals surface area contributed by atoms with E-state index < -0.39 is 5.60 Å². The largest absolute Gasteiger partial charge is 0.390 e. The number of rotatable bonds is 3. The van der Waals surface area contributed by atoms with E-state index in [-0.39, 0.29) is 0 Å².